The van der Waals surface area contributed by atoms with E-state index in [1.807, 2.05) is 5.43 Å². The Morgan fingerprint density at radius 3 is 2.68 bits per heavy atom. The zero-order valence-corrected chi connectivity index (χ0v) is 14.5. The van der Waals surface area contributed by atoms with Crippen molar-refractivity contribution < 1.29 is 28.7 Å². The number of halogens is 1. The molecule has 0 aromatic heterocycles. The summed E-state index contributed by atoms with van der Waals surface area (Å²) in [5.41, 5.74) is 1.24. The molecule has 0 bridgehead atoms. The summed E-state index contributed by atoms with van der Waals surface area (Å²) in [6.07, 6.45) is 1.02. The summed E-state index contributed by atoms with van der Waals surface area (Å²) in [7, 11) is 0. The molecule has 0 fully saturated rings. The van der Waals surface area contributed by atoms with E-state index in [0.717, 1.165) is 18.3 Å². The van der Waals surface area contributed by atoms with Crippen molar-refractivity contribution in [3.8, 4) is 11.5 Å². The lowest BCUT2D eigenvalue weighted by Gasteiger charge is -2.07. The van der Waals surface area contributed by atoms with Crippen LogP contribution in [0.2, 0.25) is 0 Å². The average molecular weight is 390 g/mol. The lowest BCUT2D eigenvalue weighted by molar-refractivity contribution is -0.386. The van der Waals surface area contributed by atoms with E-state index in [2.05, 4.69) is 10.4 Å². The summed E-state index contributed by atoms with van der Waals surface area (Å²) in [5.74, 6) is -3.84. The second kappa shape index (κ2) is 9.07. The number of aromatic hydroxyl groups is 1. The fourth-order valence-corrected chi connectivity index (χ4v) is 2.05. The van der Waals surface area contributed by atoms with Crippen LogP contribution in [0.3, 0.4) is 0 Å². The van der Waals surface area contributed by atoms with E-state index in [4.69, 9.17) is 4.74 Å². The number of nitro benzene ring substituents is 1. The van der Waals surface area contributed by atoms with Gasteiger partial charge in [0.05, 0.1) is 23.4 Å². The maximum Gasteiger partial charge on any atom is 0.329 e. The van der Waals surface area contributed by atoms with Gasteiger partial charge in [-0.1, -0.05) is 12.1 Å². The summed E-state index contributed by atoms with van der Waals surface area (Å²) >= 11 is 0. The van der Waals surface area contributed by atoms with E-state index in [-0.39, 0.29) is 23.6 Å². The van der Waals surface area contributed by atoms with Gasteiger partial charge >= 0.3 is 17.5 Å². The van der Waals surface area contributed by atoms with Gasteiger partial charge in [-0.3, -0.25) is 19.7 Å². The van der Waals surface area contributed by atoms with Crippen molar-refractivity contribution in [1.29, 1.82) is 0 Å². The number of para-hydroxylation sites is 1. The molecule has 0 spiro atoms. The van der Waals surface area contributed by atoms with E-state index in [1.165, 1.54) is 24.3 Å². The summed E-state index contributed by atoms with van der Waals surface area (Å²) in [6, 6.07) is 7.55. The molecule has 0 heterocycles. The van der Waals surface area contributed by atoms with Gasteiger partial charge in [0.15, 0.2) is 5.75 Å². The number of phenols is 1. The number of ether oxygens (including phenoxy) is 1. The fourth-order valence-electron chi connectivity index (χ4n) is 2.05. The first kappa shape index (κ1) is 20.3. The van der Waals surface area contributed by atoms with E-state index < -0.39 is 34.0 Å². The lowest BCUT2D eigenvalue weighted by Crippen LogP contribution is -2.32. The van der Waals surface area contributed by atoms with Gasteiger partial charge in [-0.15, -0.1) is 0 Å². The quantitative estimate of drug-likeness (QED) is 0.298. The monoisotopic (exact) mass is 390 g/mol. The van der Waals surface area contributed by atoms with Gasteiger partial charge in [0, 0.05) is 11.6 Å². The van der Waals surface area contributed by atoms with Crippen LogP contribution >= 0.6 is 0 Å². The summed E-state index contributed by atoms with van der Waals surface area (Å²) in [4.78, 5) is 33.6. The minimum Gasteiger partial charge on any atom is -0.500 e. The SMILES string of the molecule is CCOc1cc(/C=N\NC(=O)C(=O)Nc2ccccc2F)cc([N+](=O)[O-])c1O. The number of nitrogens with zero attached hydrogens (tertiary/aromatic N) is 2. The third kappa shape index (κ3) is 5.00. The van der Waals surface area contributed by atoms with Crippen LogP contribution in [0.1, 0.15) is 12.5 Å². The van der Waals surface area contributed by atoms with Gasteiger partial charge in [0.25, 0.3) is 0 Å². The number of anilines is 1. The van der Waals surface area contributed by atoms with Crippen LogP contribution in [0.25, 0.3) is 0 Å². The average Bonchev–Trinajstić information content (AvgIpc) is 2.65. The number of amides is 2. The van der Waals surface area contributed by atoms with E-state index in [1.54, 1.807) is 6.92 Å². The molecular weight excluding hydrogens is 375 g/mol. The van der Waals surface area contributed by atoms with Crippen molar-refractivity contribution >= 4 is 29.4 Å². The molecule has 146 valence electrons. The third-order valence-electron chi connectivity index (χ3n) is 3.28. The predicted octanol–water partition coefficient (Wildman–Crippen LogP) is 1.93. The lowest BCUT2D eigenvalue weighted by atomic mass is 10.2. The molecule has 0 aliphatic carbocycles. The first-order valence-electron chi connectivity index (χ1n) is 7.86. The van der Waals surface area contributed by atoms with Gasteiger partial charge in [0.1, 0.15) is 5.82 Å². The molecule has 0 radical (unpaired) electrons. The topological polar surface area (TPSA) is 143 Å². The van der Waals surface area contributed by atoms with Crippen LogP contribution in [0.15, 0.2) is 41.5 Å². The molecule has 0 unspecified atom stereocenters. The highest BCUT2D eigenvalue weighted by Gasteiger charge is 2.20. The van der Waals surface area contributed by atoms with Crippen LogP contribution in [0, 0.1) is 15.9 Å². The molecular formula is C17H15FN4O6. The highest BCUT2D eigenvalue weighted by atomic mass is 19.1. The number of nitro groups is 1. The van der Waals surface area contributed by atoms with Crippen molar-refractivity contribution in [3.63, 3.8) is 0 Å². The second-order valence-corrected chi connectivity index (χ2v) is 5.21. The number of nitrogens with one attached hydrogen (secondary N) is 2. The van der Waals surface area contributed by atoms with Crippen molar-refractivity contribution in [2.45, 2.75) is 6.92 Å². The molecule has 0 aliphatic rings. The second-order valence-electron chi connectivity index (χ2n) is 5.21. The molecule has 0 atom stereocenters. The van der Waals surface area contributed by atoms with Gasteiger partial charge in [-0.25, -0.2) is 9.82 Å². The van der Waals surface area contributed by atoms with Crippen molar-refractivity contribution in [2.24, 2.45) is 5.10 Å². The molecule has 2 amide bonds. The van der Waals surface area contributed by atoms with Crippen LogP contribution < -0.4 is 15.5 Å². The first-order chi connectivity index (χ1) is 13.3. The van der Waals surface area contributed by atoms with Crippen molar-refractivity contribution in [1.82, 2.24) is 5.43 Å². The van der Waals surface area contributed by atoms with E-state index in [9.17, 15) is 29.2 Å². The number of benzene rings is 2. The zero-order chi connectivity index (χ0) is 20.7. The molecule has 0 saturated heterocycles. The number of carbonyl (C=O) groups excluding carboxylic acids is 2. The Morgan fingerprint density at radius 1 is 1.32 bits per heavy atom. The normalized spacial score (nSPS) is 10.5. The molecule has 2 aromatic carbocycles. The molecule has 3 N–H and O–H groups in total. The smallest absolute Gasteiger partial charge is 0.329 e. The Balaban J connectivity index is 2.09. The van der Waals surface area contributed by atoms with Crippen LogP contribution in [-0.4, -0.2) is 34.7 Å². The standard InChI is InChI=1S/C17H15FN4O6/c1-2-28-14-8-10(7-13(15(14)23)22(26)27)9-19-21-17(25)16(24)20-12-6-4-3-5-11(12)18/h3-9,23H,2H2,1H3,(H,20,24)(H,21,25)/b19-9-. The summed E-state index contributed by atoms with van der Waals surface area (Å²) in [5, 5.41) is 26.4. The highest BCUT2D eigenvalue weighted by molar-refractivity contribution is 6.39. The minimum atomic E-state index is -1.18. The molecule has 11 heteroatoms. The molecule has 2 rings (SSSR count). The number of phenolic OH excluding ortho intramolecular Hbond substituents is 1. The van der Waals surface area contributed by atoms with Gasteiger partial charge in [-0.05, 0) is 25.1 Å². The fraction of sp³-hybridized carbons (Fsp3) is 0.118. The van der Waals surface area contributed by atoms with Crippen molar-refractivity contribution in [2.75, 3.05) is 11.9 Å². The Morgan fingerprint density at radius 2 is 2.04 bits per heavy atom. The summed E-state index contributed by atoms with van der Waals surface area (Å²) < 4.78 is 18.6. The predicted molar refractivity (Wildman–Crippen MR) is 96.7 cm³/mol. The number of carbonyl (C=O) groups is 2. The Labute approximate surface area is 157 Å². The van der Waals surface area contributed by atoms with Crippen LogP contribution in [0.4, 0.5) is 15.8 Å². The number of hydrogen-bond donors (Lipinski definition) is 3. The summed E-state index contributed by atoms with van der Waals surface area (Å²) in [6.45, 7) is 1.78. The van der Waals surface area contributed by atoms with Gasteiger partial charge < -0.3 is 15.2 Å². The Hall–Kier alpha value is -4.02. The molecule has 28 heavy (non-hydrogen) atoms. The number of hydrazone groups is 1. The largest absolute Gasteiger partial charge is 0.500 e. The van der Waals surface area contributed by atoms with Crippen LogP contribution in [0.5, 0.6) is 11.5 Å². The molecule has 0 aliphatic heterocycles. The Bertz CT molecular complexity index is 947. The molecule has 0 saturated carbocycles. The van der Waals surface area contributed by atoms with Gasteiger partial charge in [0.2, 0.25) is 5.75 Å². The maximum absolute atomic E-state index is 13.5. The van der Waals surface area contributed by atoms with E-state index in [0.29, 0.717) is 0 Å². The minimum absolute atomic E-state index is 0.128. The van der Waals surface area contributed by atoms with Crippen molar-refractivity contribution in [3.05, 3.63) is 57.9 Å². The highest BCUT2D eigenvalue weighted by Crippen LogP contribution is 2.36. The first-order valence-corrected chi connectivity index (χ1v) is 7.86. The number of hydrogen-bond acceptors (Lipinski definition) is 7. The van der Waals surface area contributed by atoms with E-state index >= 15 is 0 Å². The zero-order valence-electron chi connectivity index (χ0n) is 14.5. The van der Waals surface area contributed by atoms with Crippen LogP contribution in [-0.2, 0) is 9.59 Å². The third-order valence-corrected chi connectivity index (χ3v) is 3.28. The molecule has 2 aromatic rings. The maximum atomic E-state index is 13.5. The van der Waals surface area contributed by atoms with Gasteiger partial charge in [-0.2, -0.15) is 5.10 Å². The molecule has 10 nitrogen and oxygen atoms in total. The Kier molecular flexibility index (Phi) is 6.58. The number of rotatable bonds is 6.